The molecule has 174 valence electrons. The number of rotatable bonds is 11. The maximum atomic E-state index is 13.0. The number of carbonyl (C=O) groups excluding carboxylic acids is 1. The van der Waals surface area contributed by atoms with E-state index in [1.807, 2.05) is 24.4 Å². The van der Waals surface area contributed by atoms with Crippen molar-refractivity contribution in [2.75, 3.05) is 31.0 Å². The Morgan fingerprint density at radius 1 is 1.18 bits per heavy atom. The van der Waals surface area contributed by atoms with Crippen molar-refractivity contribution in [1.82, 2.24) is 20.6 Å². The Kier molecular flexibility index (Phi) is 7.25. The van der Waals surface area contributed by atoms with Crippen LogP contribution < -0.4 is 14.9 Å². The lowest BCUT2D eigenvalue weighted by molar-refractivity contribution is -0.116. The molecule has 0 bridgehead atoms. The van der Waals surface area contributed by atoms with E-state index in [1.165, 1.54) is 15.6 Å². The van der Waals surface area contributed by atoms with Gasteiger partial charge in [0.2, 0.25) is 0 Å². The number of anilines is 1. The van der Waals surface area contributed by atoms with Crippen molar-refractivity contribution in [1.29, 1.82) is 0 Å². The molecule has 1 aromatic carbocycles. The zero-order valence-electron chi connectivity index (χ0n) is 18.3. The van der Waals surface area contributed by atoms with Crippen molar-refractivity contribution in [2.24, 2.45) is 0 Å². The normalized spacial score (nSPS) is 11.8. The number of sulfonamides is 1. The van der Waals surface area contributed by atoms with Crippen LogP contribution in [-0.4, -0.2) is 50.9 Å². The molecule has 33 heavy (non-hydrogen) atoms. The highest BCUT2D eigenvalue weighted by Crippen LogP contribution is 2.34. The number of Topliss-reactive ketones (excluding diaryl/α,β-unsaturated/α-hetero) is 1. The maximum absolute atomic E-state index is 13.0. The molecule has 0 unspecified atom stereocenters. The molecular weight excluding hydrogens is 478 g/mol. The topological polar surface area (TPSA) is 107 Å². The number of hydrogen-bond donors (Lipinski definition) is 3. The van der Waals surface area contributed by atoms with Crippen LogP contribution >= 0.6 is 22.7 Å². The molecule has 4 aromatic rings. The third-order valence-electron chi connectivity index (χ3n) is 5.02. The first kappa shape index (κ1) is 23.6. The van der Waals surface area contributed by atoms with Crippen LogP contribution in [0.5, 0.6) is 0 Å². The third kappa shape index (κ3) is 5.33. The van der Waals surface area contributed by atoms with Gasteiger partial charge in [0.05, 0.1) is 23.4 Å². The molecule has 0 fully saturated rings. The maximum Gasteiger partial charge on any atom is 0.273 e. The minimum atomic E-state index is -3.63. The molecule has 0 aliphatic rings. The lowest BCUT2D eigenvalue weighted by atomic mass is 10.2. The number of para-hydroxylation sites is 1. The van der Waals surface area contributed by atoms with Crippen LogP contribution in [0.2, 0.25) is 0 Å². The lowest BCUT2D eigenvalue weighted by Gasteiger charge is -2.19. The molecule has 4 rings (SSSR count). The van der Waals surface area contributed by atoms with Crippen LogP contribution in [0.4, 0.5) is 5.69 Å². The number of ketones is 1. The molecular formula is C22H25N5O3S3. The Labute approximate surface area is 200 Å². The van der Waals surface area contributed by atoms with Gasteiger partial charge in [-0.15, -0.1) is 22.7 Å². The van der Waals surface area contributed by atoms with E-state index in [1.54, 1.807) is 48.9 Å². The van der Waals surface area contributed by atoms with Gasteiger partial charge >= 0.3 is 0 Å². The van der Waals surface area contributed by atoms with Gasteiger partial charge < -0.3 is 15.6 Å². The van der Waals surface area contributed by atoms with Crippen LogP contribution in [0.25, 0.3) is 21.6 Å². The highest BCUT2D eigenvalue weighted by atomic mass is 32.2. The molecule has 3 heterocycles. The molecule has 11 heteroatoms. The summed E-state index contributed by atoms with van der Waals surface area (Å²) in [5, 5.41) is 9.92. The standard InChI is InChI=1S/C22H25N5O3S3/c1-15(28)12-23-8-9-24-13-17-14-25-22(32-17)18-11-16-5-3-6-19(21(16)26-18)27(2)33(29,30)20-7-4-10-31-20/h3-7,10-11,14,23-24,26H,8-9,12-13H2,1-2H3. The fraction of sp³-hybridized carbons (Fsp3) is 0.273. The van der Waals surface area contributed by atoms with E-state index < -0.39 is 10.0 Å². The lowest BCUT2D eigenvalue weighted by Crippen LogP contribution is -2.29. The SMILES string of the molecule is CC(=O)CNCCNCc1cnc(-c2cc3cccc(N(C)S(=O)(=O)c4cccs4)c3[nH]2)s1. The molecule has 0 saturated heterocycles. The Bertz CT molecular complexity index is 1340. The zero-order chi connectivity index (χ0) is 23.4. The van der Waals surface area contributed by atoms with Crippen molar-refractivity contribution < 1.29 is 13.2 Å². The highest BCUT2D eigenvalue weighted by Gasteiger charge is 2.24. The number of fused-ring (bicyclic) bond motifs is 1. The summed E-state index contributed by atoms with van der Waals surface area (Å²) in [6.45, 7) is 4.11. The van der Waals surface area contributed by atoms with E-state index in [-0.39, 0.29) is 5.78 Å². The van der Waals surface area contributed by atoms with Crippen LogP contribution in [0, 0.1) is 0 Å². The molecule has 0 amide bonds. The van der Waals surface area contributed by atoms with Crippen molar-refractivity contribution in [3.63, 3.8) is 0 Å². The highest BCUT2D eigenvalue weighted by molar-refractivity contribution is 7.94. The molecule has 0 aliphatic heterocycles. The summed E-state index contributed by atoms with van der Waals surface area (Å²) in [6.07, 6.45) is 1.84. The second kappa shape index (κ2) is 10.1. The molecule has 3 N–H and O–H groups in total. The fourth-order valence-corrected chi connectivity index (χ4v) is 6.58. The second-order valence-electron chi connectivity index (χ2n) is 7.52. The number of nitrogens with one attached hydrogen (secondary N) is 3. The Morgan fingerprint density at radius 2 is 2.00 bits per heavy atom. The average molecular weight is 504 g/mol. The smallest absolute Gasteiger partial charge is 0.273 e. The summed E-state index contributed by atoms with van der Waals surface area (Å²) < 4.78 is 27.6. The Hall–Kier alpha value is -2.57. The van der Waals surface area contributed by atoms with Gasteiger partial charge in [-0.05, 0) is 30.5 Å². The van der Waals surface area contributed by atoms with Crippen molar-refractivity contribution >= 4 is 55.1 Å². The van der Waals surface area contributed by atoms with Crippen molar-refractivity contribution in [3.8, 4) is 10.7 Å². The summed E-state index contributed by atoms with van der Waals surface area (Å²) in [4.78, 5) is 19.9. The molecule has 0 saturated carbocycles. The first-order valence-electron chi connectivity index (χ1n) is 10.4. The number of thiazole rings is 1. The van der Waals surface area contributed by atoms with Crippen molar-refractivity contribution in [2.45, 2.75) is 17.7 Å². The van der Waals surface area contributed by atoms with Crippen LogP contribution in [-0.2, 0) is 21.4 Å². The number of thiophene rings is 1. The van der Waals surface area contributed by atoms with Gasteiger partial charge in [-0.3, -0.25) is 9.10 Å². The number of nitrogens with zero attached hydrogens (tertiary/aromatic N) is 2. The Morgan fingerprint density at radius 3 is 2.76 bits per heavy atom. The summed E-state index contributed by atoms with van der Waals surface area (Å²) in [5.74, 6) is 0.124. The third-order valence-corrected chi connectivity index (χ3v) is 9.19. The van der Waals surface area contributed by atoms with E-state index in [2.05, 4.69) is 20.6 Å². The molecule has 0 spiro atoms. The van der Waals surface area contributed by atoms with Crippen LogP contribution in [0.3, 0.4) is 0 Å². The van der Waals surface area contributed by atoms with E-state index in [0.717, 1.165) is 39.6 Å². The molecule has 0 radical (unpaired) electrons. The summed E-state index contributed by atoms with van der Waals surface area (Å²) in [6, 6.07) is 10.9. The van der Waals surface area contributed by atoms with Crippen LogP contribution in [0.15, 0.2) is 52.2 Å². The zero-order valence-corrected chi connectivity index (χ0v) is 20.7. The first-order valence-corrected chi connectivity index (χ1v) is 13.5. The summed E-state index contributed by atoms with van der Waals surface area (Å²) >= 11 is 2.78. The van der Waals surface area contributed by atoms with Gasteiger partial charge in [-0.2, -0.15) is 0 Å². The van der Waals surface area contributed by atoms with E-state index in [4.69, 9.17) is 0 Å². The van der Waals surface area contributed by atoms with E-state index in [9.17, 15) is 13.2 Å². The molecule has 3 aromatic heterocycles. The largest absolute Gasteiger partial charge is 0.351 e. The van der Waals surface area contributed by atoms with Gasteiger partial charge in [-0.1, -0.05) is 18.2 Å². The van der Waals surface area contributed by atoms with E-state index in [0.29, 0.717) is 23.0 Å². The molecule has 0 atom stereocenters. The fourth-order valence-electron chi connectivity index (χ4n) is 3.36. The summed E-state index contributed by atoms with van der Waals surface area (Å²) in [7, 11) is -2.05. The second-order valence-corrected chi connectivity index (χ2v) is 11.8. The van der Waals surface area contributed by atoms with Gasteiger partial charge in [0, 0.05) is 43.1 Å². The minimum Gasteiger partial charge on any atom is -0.351 e. The summed E-state index contributed by atoms with van der Waals surface area (Å²) in [5.41, 5.74) is 2.18. The number of carbonyl (C=O) groups is 1. The molecule has 8 nitrogen and oxygen atoms in total. The predicted molar refractivity (Wildman–Crippen MR) is 135 cm³/mol. The first-order chi connectivity index (χ1) is 15.9. The van der Waals surface area contributed by atoms with Gasteiger partial charge in [-0.25, -0.2) is 13.4 Å². The predicted octanol–water partition coefficient (Wildman–Crippen LogP) is 3.45. The van der Waals surface area contributed by atoms with Gasteiger partial charge in [0.25, 0.3) is 10.0 Å². The monoisotopic (exact) mass is 503 g/mol. The quantitative estimate of drug-likeness (QED) is 0.271. The average Bonchev–Trinajstić information content (AvgIpc) is 3.55. The van der Waals surface area contributed by atoms with Crippen LogP contribution in [0.1, 0.15) is 11.8 Å². The number of aromatic nitrogens is 2. The number of hydrogen-bond acceptors (Lipinski definition) is 8. The number of aromatic amines is 1. The van der Waals surface area contributed by atoms with Gasteiger partial charge in [0.1, 0.15) is 15.0 Å². The molecule has 0 aliphatic carbocycles. The number of benzene rings is 1. The number of H-pyrrole nitrogens is 1. The van der Waals surface area contributed by atoms with Gasteiger partial charge in [0.15, 0.2) is 0 Å². The van der Waals surface area contributed by atoms with E-state index >= 15 is 0 Å². The Balaban J connectivity index is 1.49. The van der Waals surface area contributed by atoms with Crippen molar-refractivity contribution in [3.05, 3.63) is 52.9 Å². The minimum absolute atomic E-state index is 0.124.